The molecule has 0 spiro atoms. The molecule has 7 heteroatoms. The average molecular weight is 304 g/mol. The monoisotopic (exact) mass is 304 g/mol. The summed E-state index contributed by atoms with van der Waals surface area (Å²) in [5.41, 5.74) is 1.03. The van der Waals surface area contributed by atoms with Crippen molar-refractivity contribution in [2.45, 2.75) is 24.6 Å². The largest absolute Gasteiger partial charge is 0.339 e. The van der Waals surface area contributed by atoms with Crippen molar-refractivity contribution in [2.24, 2.45) is 0 Å². The van der Waals surface area contributed by atoms with E-state index in [4.69, 9.17) is 4.52 Å². The van der Waals surface area contributed by atoms with Gasteiger partial charge >= 0.3 is 0 Å². The number of rotatable bonds is 5. The Labute approximate surface area is 126 Å². The van der Waals surface area contributed by atoms with Crippen LogP contribution in [0.4, 0.5) is 0 Å². The van der Waals surface area contributed by atoms with Gasteiger partial charge in [-0.2, -0.15) is 16.7 Å². The van der Waals surface area contributed by atoms with E-state index in [9.17, 15) is 4.79 Å². The van der Waals surface area contributed by atoms with Crippen LogP contribution in [-0.2, 0) is 17.1 Å². The molecule has 0 bridgehead atoms. The van der Waals surface area contributed by atoms with Crippen molar-refractivity contribution in [3.05, 3.63) is 41.8 Å². The molecule has 1 amide bonds. The van der Waals surface area contributed by atoms with Crippen molar-refractivity contribution in [1.29, 1.82) is 0 Å². The Morgan fingerprint density at radius 1 is 1.52 bits per heavy atom. The van der Waals surface area contributed by atoms with Gasteiger partial charge in [0, 0.05) is 31.9 Å². The van der Waals surface area contributed by atoms with Crippen molar-refractivity contribution < 1.29 is 9.32 Å². The van der Waals surface area contributed by atoms with Gasteiger partial charge in [0.05, 0.1) is 11.7 Å². The molecule has 6 nitrogen and oxygen atoms in total. The lowest BCUT2D eigenvalue weighted by molar-refractivity contribution is -0.128. The fourth-order valence-corrected chi connectivity index (χ4v) is 2.80. The first-order chi connectivity index (χ1) is 10.3. The van der Waals surface area contributed by atoms with Crippen LogP contribution in [0.3, 0.4) is 0 Å². The zero-order valence-electron chi connectivity index (χ0n) is 11.7. The molecule has 1 aliphatic rings. The van der Waals surface area contributed by atoms with Crippen molar-refractivity contribution in [3.8, 4) is 0 Å². The van der Waals surface area contributed by atoms with E-state index < -0.39 is 0 Å². The Morgan fingerprint density at radius 3 is 3.19 bits per heavy atom. The van der Waals surface area contributed by atoms with Crippen LogP contribution in [0.5, 0.6) is 0 Å². The van der Waals surface area contributed by atoms with E-state index in [1.54, 1.807) is 24.2 Å². The Hall–Kier alpha value is -1.89. The minimum atomic E-state index is -0.00252. The normalized spacial score (nSPS) is 18.4. The summed E-state index contributed by atoms with van der Waals surface area (Å²) in [4.78, 5) is 22.4. The maximum absolute atomic E-state index is 12.1. The molecule has 0 radical (unpaired) electrons. The first-order valence-corrected chi connectivity index (χ1v) is 8.13. The summed E-state index contributed by atoms with van der Waals surface area (Å²) in [6.45, 7) is 1.20. The molecule has 0 aromatic carbocycles. The quantitative estimate of drug-likeness (QED) is 0.839. The number of carbonyl (C=O) groups excluding carboxylic acids is 1. The summed E-state index contributed by atoms with van der Waals surface area (Å²) >= 11 is 1.64. The standard InChI is InChI=1S/C14H16N4O2S/c1-21-9-12-16-14(20-17-12)11-5-13(19)18(8-11)7-10-3-2-4-15-6-10/h2-4,6,11H,5,7-9H2,1H3/t11-/m0/s1. The second-order valence-electron chi connectivity index (χ2n) is 5.02. The average Bonchev–Trinajstić information content (AvgIpc) is 3.08. The van der Waals surface area contributed by atoms with Gasteiger partial charge in [0.15, 0.2) is 5.82 Å². The number of aromatic nitrogens is 3. The highest BCUT2D eigenvalue weighted by Gasteiger charge is 2.34. The van der Waals surface area contributed by atoms with Gasteiger partial charge in [-0.3, -0.25) is 9.78 Å². The Balaban J connectivity index is 1.66. The van der Waals surface area contributed by atoms with Crippen LogP contribution in [0.25, 0.3) is 0 Å². The molecule has 3 heterocycles. The molecular formula is C14H16N4O2S. The van der Waals surface area contributed by atoms with Crippen molar-refractivity contribution >= 4 is 17.7 Å². The molecule has 2 aromatic rings. The van der Waals surface area contributed by atoms with E-state index in [1.807, 2.05) is 23.3 Å². The van der Waals surface area contributed by atoms with Crippen molar-refractivity contribution in [3.63, 3.8) is 0 Å². The Morgan fingerprint density at radius 2 is 2.43 bits per heavy atom. The van der Waals surface area contributed by atoms with E-state index in [2.05, 4.69) is 15.1 Å². The molecule has 0 aliphatic carbocycles. The van der Waals surface area contributed by atoms with Gasteiger partial charge in [0.25, 0.3) is 0 Å². The predicted molar refractivity (Wildman–Crippen MR) is 78.5 cm³/mol. The summed E-state index contributed by atoms with van der Waals surface area (Å²) in [5, 5.41) is 3.94. The van der Waals surface area contributed by atoms with E-state index in [-0.39, 0.29) is 11.8 Å². The molecule has 1 fully saturated rings. The van der Waals surface area contributed by atoms with Gasteiger partial charge in [-0.25, -0.2) is 0 Å². The lowest BCUT2D eigenvalue weighted by Gasteiger charge is -2.15. The maximum atomic E-state index is 12.1. The number of hydrogen-bond acceptors (Lipinski definition) is 6. The first-order valence-electron chi connectivity index (χ1n) is 6.74. The lowest BCUT2D eigenvalue weighted by atomic mass is 10.1. The van der Waals surface area contributed by atoms with Gasteiger partial charge in [0.1, 0.15) is 0 Å². The molecule has 21 heavy (non-hydrogen) atoms. The molecule has 2 aromatic heterocycles. The number of amides is 1. The van der Waals surface area contributed by atoms with E-state index in [1.165, 1.54) is 0 Å². The molecule has 1 aliphatic heterocycles. The van der Waals surface area contributed by atoms with Gasteiger partial charge in [-0.1, -0.05) is 11.2 Å². The van der Waals surface area contributed by atoms with Crippen LogP contribution >= 0.6 is 11.8 Å². The van der Waals surface area contributed by atoms with Crippen LogP contribution in [0.15, 0.2) is 29.0 Å². The number of carbonyl (C=O) groups is 1. The Bertz CT molecular complexity index is 616. The van der Waals surface area contributed by atoms with Crippen molar-refractivity contribution in [2.75, 3.05) is 12.8 Å². The second kappa shape index (κ2) is 6.26. The Kier molecular flexibility index (Phi) is 4.19. The van der Waals surface area contributed by atoms with E-state index in [0.29, 0.717) is 31.2 Å². The molecule has 0 saturated carbocycles. The minimum absolute atomic E-state index is 0.00252. The first kappa shape index (κ1) is 14.1. The van der Waals surface area contributed by atoms with Gasteiger partial charge in [-0.15, -0.1) is 0 Å². The number of likely N-dealkylation sites (tertiary alicyclic amines) is 1. The molecular weight excluding hydrogens is 288 g/mol. The summed E-state index contributed by atoms with van der Waals surface area (Å²) in [7, 11) is 0. The number of pyridine rings is 1. The molecule has 0 unspecified atom stereocenters. The summed E-state index contributed by atoms with van der Waals surface area (Å²) in [6, 6.07) is 3.84. The predicted octanol–water partition coefficient (Wildman–Crippen LogP) is 1.84. The SMILES string of the molecule is CSCc1noc([C@H]2CC(=O)N(Cc3cccnc3)C2)n1. The maximum Gasteiger partial charge on any atom is 0.232 e. The topological polar surface area (TPSA) is 72.1 Å². The van der Waals surface area contributed by atoms with E-state index >= 15 is 0 Å². The zero-order chi connectivity index (χ0) is 14.7. The molecule has 1 atom stereocenters. The fraction of sp³-hybridized carbons (Fsp3) is 0.429. The molecule has 1 saturated heterocycles. The van der Waals surface area contributed by atoms with Crippen LogP contribution in [0, 0.1) is 0 Å². The molecule has 0 N–H and O–H groups in total. The third kappa shape index (κ3) is 3.24. The van der Waals surface area contributed by atoms with Crippen LogP contribution in [0.2, 0.25) is 0 Å². The highest BCUT2D eigenvalue weighted by Crippen LogP contribution is 2.28. The minimum Gasteiger partial charge on any atom is -0.339 e. The third-order valence-electron chi connectivity index (χ3n) is 3.42. The number of nitrogens with zero attached hydrogens (tertiary/aromatic N) is 4. The van der Waals surface area contributed by atoms with Gasteiger partial charge in [0.2, 0.25) is 11.8 Å². The van der Waals surface area contributed by atoms with Crippen LogP contribution < -0.4 is 0 Å². The lowest BCUT2D eigenvalue weighted by Crippen LogP contribution is -2.24. The summed E-state index contributed by atoms with van der Waals surface area (Å²) < 4.78 is 5.28. The second-order valence-corrected chi connectivity index (χ2v) is 5.88. The van der Waals surface area contributed by atoms with Crippen molar-refractivity contribution in [1.82, 2.24) is 20.0 Å². The smallest absolute Gasteiger partial charge is 0.232 e. The third-order valence-corrected chi connectivity index (χ3v) is 3.96. The fourth-order valence-electron chi connectivity index (χ4n) is 2.42. The highest BCUT2D eigenvalue weighted by atomic mass is 32.2. The summed E-state index contributed by atoms with van der Waals surface area (Å²) in [6.07, 6.45) is 5.93. The summed E-state index contributed by atoms with van der Waals surface area (Å²) in [5.74, 6) is 2.10. The number of hydrogen-bond donors (Lipinski definition) is 0. The zero-order valence-corrected chi connectivity index (χ0v) is 12.5. The van der Waals surface area contributed by atoms with Crippen LogP contribution in [0.1, 0.15) is 29.6 Å². The van der Waals surface area contributed by atoms with Gasteiger partial charge < -0.3 is 9.42 Å². The van der Waals surface area contributed by atoms with Gasteiger partial charge in [-0.05, 0) is 17.9 Å². The molecule has 3 rings (SSSR count). The van der Waals surface area contributed by atoms with E-state index in [0.717, 1.165) is 11.3 Å². The molecule has 110 valence electrons. The van der Waals surface area contributed by atoms with Crippen LogP contribution in [-0.4, -0.2) is 38.7 Å². The number of thioether (sulfide) groups is 1. The highest BCUT2D eigenvalue weighted by molar-refractivity contribution is 7.97.